The molecule has 168 valence electrons. The number of nitro groups is 1. The molecule has 1 fully saturated rings. The molecule has 3 aromatic carbocycles. The van der Waals surface area contributed by atoms with Gasteiger partial charge in [-0.2, -0.15) is 0 Å². The van der Waals surface area contributed by atoms with Gasteiger partial charge in [0.05, 0.1) is 5.92 Å². The van der Waals surface area contributed by atoms with Gasteiger partial charge in [0.15, 0.2) is 5.54 Å². The highest BCUT2D eigenvalue weighted by molar-refractivity contribution is 6.07. The van der Waals surface area contributed by atoms with E-state index in [0.717, 1.165) is 5.56 Å². The Hall–Kier alpha value is -3.78. The number of anilines is 1. The largest absolute Gasteiger partial charge is 0.489 e. The van der Waals surface area contributed by atoms with Gasteiger partial charge in [0.25, 0.3) is 11.9 Å². The zero-order chi connectivity index (χ0) is 23.2. The fraction of sp³-hybridized carbons (Fsp3) is 0.240. The molecule has 1 amide bonds. The molecule has 8 heteroatoms. The molecule has 1 saturated heterocycles. The average Bonchev–Trinajstić information content (AvgIpc) is 3.27. The molecular formula is C25H22FN3O4. The number of hydrogen-bond acceptors (Lipinski definition) is 5. The summed E-state index contributed by atoms with van der Waals surface area (Å²) < 4.78 is 19.1. The molecule has 0 radical (unpaired) electrons. The van der Waals surface area contributed by atoms with E-state index in [1.165, 1.54) is 12.1 Å². The topological polar surface area (TPSA) is 93.5 Å². The third kappa shape index (κ3) is 3.43. The average molecular weight is 447 g/mol. The lowest BCUT2D eigenvalue weighted by molar-refractivity contribution is -0.532. The second-order valence-corrected chi connectivity index (χ2v) is 8.48. The number of nitrogens with one attached hydrogen (secondary N) is 2. The number of fused-ring (bicyclic) bond motifs is 2. The van der Waals surface area contributed by atoms with Crippen molar-refractivity contribution in [2.24, 2.45) is 0 Å². The molecular weight excluding hydrogens is 425 g/mol. The standard InChI is InChI=1S/C25H22FN3O4/c1-15-22(17-9-11-19(12-10-17)33-14-16-5-4-6-18(26)13-16)23(29(31)32)25(28-15)20-7-2-3-8-21(20)27-24(25)30/h2-13,15,22-23,28H,14H2,1H3,(H,27,30)/t15-,22-,23+,25-/m0/s1. The summed E-state index contributed by atoms with van der Waals surface area (Å²) in [4.78, 5) is 25.0. The monoisotopic (exact) mass is 447 g/mol. The zero-order valence-corrected chi connectivity index (χ0v) is 17.8. The molecule has 3 aromatic rings. The van der Waals surface area contributed by atoms with Crippen molar-refractivity contribution in [2.75, 3.05) is 5.32 Å². The quantitative estimate of drug-likeness (QED) is 0.456. The number of para-hydroxylation sites is 1. The first-order valence-corrected chi connectivity index (χ1v) is 10.7. The van der Waals surface area contributed by atoms with Crippen LogP contribution in [-0.2, 0) is 16.9 Å². The van der Waals surface area contributed by atoms with Crippen LogP contribution < -0.4 is 15.4 Å². The van der Waals surface area contributed by atoms with Gasteiger partial charge in [-0.3, -0.25) is 20.2 Å². The first-order valence-electron chi connectivity index (χ1n) is 10.7. The summed E-state index contributed by atoms with van der Waals surface area (Å²) in [6.45, 7) is 2.06. The molecule has 7 nitrogen and oxygen atoms in total. The number of benzene rings is 3. The van der Waals surface area contributed by atoms with E-state index in [0.29, 0.717) is 22.6 Å². The molecule has 0 aromatic heterocycles. The lowest BCUT2D eigenvalue weighted by atomic mass is 9.78. The lowest BCUT2D eigenvalue weighted by Crippen LogP contribution is -2.54. The van der Waals surface area contributed by atoms with Gasteiger partial charge in [-0.25, -0.2) is 4.39 Å². The second kappa shape index (κ2) is 7.97. The van der Waals surface area contributed by atoms with E-state index in [1.807, 2.05) is 6.92 Å². The van der Waals surface area contributed by atoms with Crippen molar-refractivity contribution in [1.29, 1.82) is 0 Å². The van der Waals surface area contributed by atoms with Gasteiger partial charge in [0.1, 0.15) is 18.2 Å². The van der Waals surface area contributed by atoms with E-state index in [2.05, 4.69) is 10.6 Å². The number of nitrogens with zero attached hydrogens (tertiary/aromatic N) is 1. The van der Waals surface area contributed by atoms with Gasteiger partial charge in [0, 0.05) is 22.2 Å². The van der Waals surface area contributed by atoms with E-state index in [4.69, 9.17) is 4.74 Å². The Labute approximate surface area is 189 Å². The Balaban J connectivity index is 1.43. The fourth-order valence-corrected chi connectivity index (χ4v) is 5.13. The summed E-state index contributed by atoms with van der Waals surface area (Å²) in [7, 11) is 0. The highest BCUT2D eigenvalue weighted by atomic mass is 19.1. The summed E-state index contributed by atoms with van der Waals surface area (Å²) in [6.07, 6.45) is 0. The summed E-state index contributed by atoms with van der Waals surface area (Å²) in [5.41, 5.74) is 1.20. The highest BCUT2D eigenvalue weighted by Gasteiger charge is 2.67. The maximum Gasteiger partial charge on any atom is 0.256 e. The Morgan fingerprint density at radius 1 is 1.09 bits per heavy atom. The van der Waals surface area contributed by atoms with Crippen molar-refractivity contribution < 1.29 is 18.8 Å². The van der Waals surface area contributed by atoms with Gasteiger partial charge in [-0.05, 0) is 48.4 Å². The van der Waals surface area contributed by atoms with Crippen molar-refractivity contribution in [3.63, 3.8) is 0 Å². The number of rotatable bonds is 5. The summed E-state index contributed by atoms with van der Waals surface area (Å²) in [6, 6.07) is 18.8. The number of hydrogen-bond donors (Lipinski definition) is 2. The van der Waals surface area contributed by atoms with Crippen LogP contribution in [0.4, 0.5) is 10.1 Å². The van der Waals surface area contributed by atoms with Gasteiger partial charge < -0.3 is 10.1 Å². The van der Waals surface area contributed by atoms with Gasteiger partial charge in [-0.15, -0.1) is 0 Å². The Bertz CT molecular complexity index is 1230. The molecule has 2 N–H and O–H groups in total. The number of carbonyl (C=O) groups excluding carboxylic acids is 1. The summed E-state index contributed by atoms with van der Waals surface area (Å²) in [5.74, 6) is -0.701. The number of amides is 1. The minimum Gasteiger partial charge on any atom is -0.489 e. The zero-order valence-electron chi connectivity index (χ0n) is 17.8. The Morgan fingerprint density at radius 2 is 1.85 bits per heavy atom. The first-order chi connectivity index (χ1) is 15.9. The van der Waals surface area contributed by atoms with E-state index in [-0.39, 0.29) is 23.4 Å². The smallest absolute Gasteiger partial charge is 0.256 e. The van der Waals surface area contributed by atoms with E-state index < -0.39 is 23.4 Å². The van der Waals surface area contributed by atoms with Gasteiger partial charge in [-0.1, -0.05) is 42.5 Å². The van der Waals surface area contributed by atoms with Crippen LogP contribution >= 0.6 is 0 Å². The number of halogens is 1. The van der Waals surface area contributed by atoms with Crippen LogP contribution in [0.3, 0.4) is 0 Å². The molecule has 4 atom stereocenters. The van der Waals surface area contributed by atoms with Crippen LogP contribution in [0.2, 0.25) is 0 Å². The van der Waals surface area contributed by atoms with Gasteiger partial charge >= 0.3 is 0 Å². The molecule has 2 heterocycles. The normalized spacial score (nSPS) is 25.6. The predicted molar refractivity (Wildman–Crippen MR) is 120 cm³/mol. The maximum atomic E-state index is 13.4. The van der Waals surface area contributed by atoms with Crippen LogP contribution in [-0.4, -0.2) is 22.9 Å². The SMILES string of the molecule is C[C@@H]1N[C@]2(C(=O)Nc3ccccc32)[C@H]([N+](=O)[O-])[C@@H]1c1ccc(OCc2cccc(F)c2)cc1. The van der Waals surface area contributed by atoms with Crippen molar-refractivity contribution in [1.82, 2.24) is 5.32 Å². The molecule has 1 spiro atoms. The van der Waals surface area contributed by atoms with Crippen LogP contribution in [0.25, 0.3) is 0 Å². The molecule has 33 heavy (non-hydrogen) atoms. The second-order valence-electron chi connectivity index (χ2n) is 8.48. The Morgan fingerprint density at radius 3 is 2.58 bits per heavy atom. The summed E-state index contributed by atoms with van der Waals surface area (Å²) in [5, 5.41) is 18.4. The van der Waals surface area contributed by atoms with Crippen molar-refractivity contribution in [2.45, 2.75) is 37.1 Å². The summed E-state index contributed by atoms with van der Waals surface area (Å²) >= 11 is 0. The maximum absolute atomic E-state index is 13.4. The molecule has 2 aliphatic heterocycles. The van der Waals surface area contributed by atoms with Crippen LogP contribution in [0, 0.1) is 15.9 Å². The molecule has 0 bridgehead atoms. The van der Waals surface area contributed by atoms with Gasteiger partial charge in [0.2, 0.25) is 0 Å². The van der Waals surface area contributed by atoms with Crippen LogP contribution in [0.15, 0.2) is 72.8 Å². The van der Waals surface area contributed by atoms with E-state index >= 15 is 0 Å². The van der Waals surface area contributed by atoms with Crippen molar-refractivity contribution >= 4 is 11.6 Å². The molecule has 5 rings (SSSR count). The van der Waals surface area contributed by atoms with Crippen LogP contribution in [0.1, 0.15) is 29.5 Å². The van der Waals surface area contributed by atoms with Crippen molar-refractivity contribution in [3.8, 4) is 5.75 Å². The third-order valence-corrected chi connectivity index (χ3v) is 6.52. The molecule has 2 aliphatic rings. The minimum atomic E-state index is -1.43. The minimum absolute atomic E-state index is 0.204. The van der Waals surface area contributed by atoms with Crippen LogP contribution in [0.5, 0.6) is 5.75 Å². The van der Waals surface area contributed by atoms with Crippen molar-refractivity contribution in [3.05, 3.63) is 105 Å². The third-order valence-electron chi connectivity index (χ3n) is 6.52. The fourth-order valence-electron chi connectivity index (χ4n) is 5.13. The number of carbonyl (C=O) groups is 1. The molecule has 0 saturated carbocycles. The number of ether oxygens (including phenoxy) is 1. The Kier molecular flexibility index (Phi) is 5.09. The predicted octanol–water partition coefficient (Wildman–Crippen LogP) is 3.97. The lowest BCUT2D eigenvalue weighted by Gasteiger charge is -2.25. The highest BCUT2D eigenvalue weighted by Crippen LogP contribution is 2.49. The first kappa shape index (κ1) is 21.1. The van der Waals surface area contributed by atoms with E-state index in [9.17, 15) is 19.3 Å². The molecule has 0 aliphatic carbocycles. The van der Waals surface area contributed by atoms with E-state index in [1.54, 1.807) is 60.7 Å². The molecule has 0 unspecified atom stereocenters.